The highest BCUT2D eigenvalue weighted by Crippen LogP contribution is 2.09. The third-order valence-corrected chi connectivity index (χ3v) is 1.97. The monoisotopic (exact) mass is 221 g/mol. The van der Waals surface area contributed by atoms with Crippen LogP contribution in [0.1, 0.15) is 29.8 Å². The van der Waals surface area contributed by atoms with Crippen LogP contribution < -0.4 is 5.73 Å². The van der Waals surface area contributed by atoms with Crippen LogP contribution in [0.2, 0.25) is 0 Å². The van der Waals surface area contributed by atoms with E-state index in [-0.39, 0.29) is 24.3 Å². The predicted molar refractivity (Wildman–Crippen MR) is 62.0 cm³/mol. The Hall–Kier alpha value is -1.75. The fourth-order valence-corrected chi connectivity index (χ4v) is 1.09. The van der Waals surface area contributed by atoms with Crippen molar-refractivity contribution in [2.45, 2.75) is 20.0 Å². The van der Waals surface area contributed by atoms with Crippen LogP contribution in [-0.2, 0) is 4.74 Å². The molecule has 0 aliphatic carbocycles. The number of nitrogen functional groups attached to an aromatic ring is 1. The summed E-state index contributed by atoms with van der Waals surface area (Å²) in [5.74, 6) is 0.0839. The number of carbonyl (C=O) groups excluding carboxylic acids is 1. The van der Waals surface area contributed by atoms with Gasteiger partial charge in [-0.3, -0.25) is 4.79 Å². The van der Waals surface area contributed by atoms with Crippen LogP contribution in [0, 0.1) is 5.41 Å². The average molecular weight is 221 g/mol. The summed E-state index contributed by atoms with van der Waals surface area (Å²) in [6.07, 6.45) is 2.48. The van der Waals surface area contributed by atoms with Gasteiger partial charge in [-0.2, -0.15) is 0 Å². The van der Waals surface area contributed by atoms with Crippen LogP contribution in [0.3, 0.4) is 0 Å². The molecule has 0 fully saturated rings. The third kappa shape index (κ3) is 3.13. The Labute approximate surface area is 94.1 Å². The number of nitrogens with two attached hydrogens (primary N) is 1. The third-order valence-electron chi connectivity index (χ3n) is 1.97. The topological polar surface area (TPSA) is 89.1 Å². The van der Waals surface area contributed by atoms with E-state index in [1.165, 1.54) is 6.20 Å². The number of Topliss-reactive ketones (excluding diaryl/α,β-unsaturated/α-hetero) is 1. The molecule has 0 aliphatic heterocycles. The van der Waals surface area contributed by atoms with Crippen LogP contribution in [0.25, 0.3) is 0 Å². The molecule has 86 valence electrons. The zero-order valence-electron chi connectivity index (χ0n) is 9.36. The zero-order chi connectivity index (χ0) is 12.1. The fourth-order valence-electron chi connectivity index (χ4n) is 1.09. The second-order valence-corrected chi connectivity index (χ2v) is 3.63. The maximum absolute atomic E-state index is 11.6. The molecular weight excluding hydrogens is 206 g/mol. The number of ketones is 1. The predicted octanol–water partition coefficient (Wildman–Crippen LogP) is 1.27. The number of pyridine rings is 1. The Morgan fingerprint density at radius 3 is 2.94 bits per heavy atom. The highest BCUT2D eigenvalue weighted by atomic mass is 16.5. The molecule has 1 heterocycles. The summed E-state index contributed by atoms with van der Waals surface area (Å²) in [4.78, 5) is 15.5. The average Bonchev–Trinajstić information content (AvgIpc) is 2.26. The van der Waals surface area contributed by atoms with Crippen LogP contribution >= 0.6 is 0 Å². The number of nitrogens with one attached hydrogen (secondary N) is 1. The van der Waals surface area contributed by atoms with Crippen molar-refractivity contribution in [1.82, 2.24) is 4.98 Å². The van der Waals surface area contributed by atoms with E-state index in [2.05, 4.69) is 4.98 Å². The molecule has 3 N–H and O–H groups in total. The number of rotatable bonds is 5. The molecule has 0 aromatic carbocycles. The lowest BCUT2D eigenvalue weighted by molar-refractivity contribution is 0.0584. The van der Waals surface area contributed by atoms with Crippen LogP contribution in [0.5, 0.6) is 0 Å². The summed E-state index contributed by atoms with van der Waals surface area (Å²) in [6, 6.07) is 1.54. The van der Waals surface area contributed by atoms with Crippen molar-refractivity contribution in [3.8, 4) is 0 Å². The number of carbonyl (C=O) groups is 1. The van der Waals surface area contributed by atoms with E-state index in [4.69, 9.17) is 15.9 Å². The molecule has 0 radical (unpaired) electrons. The van der Waals surface area contributed by atoms with Gasteiger partial charge < -0.3 is 15.9 Å². The second kappa shape index (κ2) is 5.37. The maximum atomic E-state index is 11.6. The first-order chi connectivity index (χ1) is 7.54. The van der Waals surface area contributed by atoms with Gasteiger partial charge in [0.1, 0.15) is 12.4 Å². The van der Waals surface area contributed by atoms with E-state index in [0.717, 1.165) is 6.21 Å². The molecule has 16 heavy (non-hydrogen) atoms. The Morgan fingerprint density at radius 2 is 2.38 bits per heavy atom. The molecule has 0 unspecified atom stereocenters. The number of aromatic nitrogens is 1. The standard InChI is InChI=1S/C11H15N3O2/c1-7(2)16-6-10(15)9-3-8(4-12)11(13)14-5-9/h3-5,7,12H,6H2,1-2H3,(H2,13,14). The van der Waals surface area contributed by atoms with E-state index in [1.54, 1.807) is 6.07 Å². The molecule has 0 saturated heterocycles. The summed E-state index contributed by atoms with van der Waals surface area (Å²) < 4.78 is 5.20. The summed E-state index contributed by atoms with van der Waals surface area (Å²) in [5, 5.41) is 7.10. The smallest absolute Gasteiger partial charge is 0.190 e. The van der Waals surface area contributed by atoms with E-state index >= 15 is 0 Å². The molecule has 0 amide bonds. The minimum Gasteiger partial charge on any atom is -0.383 e. The summed E-state index contributed by atoms with van der Waals surface area (Å²) in [6.45, 7) is 3.73. The molecular formula is C11H15N3O2. The van der Waals surface area contributed by atoms with Crippen molar-refractivity contribution in [2.75, 3.05) is 12.3 Å². The summed E-state index contributed by atoms with van der Waals surface area (Å²) >= 11 is 0. The Kier molecular flexibility index (Phi) is 4.13. The van der Waals surface area contributed by atoms with Gasteiger partial charge in [0.15, 0.2) is 5.78 Å². The number of anilines is 1. The first kappa shape index (κ1) is 12.3. The number of nitrogens with zero attached hydrogens (tertiary/aromatic N) is 1. The molecule has 1 aromatic heterocycles. The van der Waals surface area contributed by atoms with Crippen molar-refractivity contribution in [3.05, 3.63) is 23.4 Å². The molecule has 0 aliphatic rings. The van der Waals surface area contributed by atoms with E-state index in [1.807, 2.05) is 13.8 Å². The van der Waals surface area contributed by atoms with Crippen molar-refractivity contribution in [3.63, 3.8) is 0 Å². The van der Waals surface area contributed by atoms with Crippen LogP contribution in [0.4, 0.5) is 5.82 Å². The number of hydrogen-bond donors (Lipinski definition) is 2. The van der Waals surface area contributed by atoms with E-state index < -0.39 is 0 Å². The van der Waals surface area contributed by atoms with E-state index in [9.17, 15) is 4.79 Å². The fraction of sp³-hybridized carbons (Fsp3) is 0.364. The van der Waals surface area contributed by atoms with Gasteiger partial charge in [0.25, 0.3) is 0 Å². The van der Waals surface area contributed by atoms with Crippen LogP contribution in [0.15, 0.2) is 12.3 Å². The lowest BCUT2D eigenvalue weighted by Gasteiger charge is -2.07. The number of ether oxygens (including phenoxy) is 1. The van der Waals surface area contributed by atoms with Gasteiger partial charge in [-0.25, -0.2) is 4.98 Å². The number of hydrogen-bond acceptors (Lipinski definition) is 5. The van der Waals surface area contributed by atoms with Gasteiger partial charge in [-0.1, -0.05) is 0 Å². The first-order valence-corrected chi connectivity index (χ1v) is 4.95. The van der Waals surface area contributed by atoms with Gasteiger partial charge in [0.05, 0.1) is 6.10 Å². The van der Waals surface area contributed by atoms with Gasteiger partial charge in [-0.05, 0) is 19.9 Å². The molecule has 0 saturated carbocycles. The van der Waals surface area contributed by atoms with Crippen molar-refractivity contribution in [1.29, 1.82) is 5.41 Å². The Morgan fingerprint density at radius 1 is 1.69 bits per heavy atom. The highest BCUT2D eigenvalue weighted by Gasteiger charge is 2.09. The van der Waals surface area contributed by atoms with Gasteiger partial charge in [0.2, 0.25) is 0 Å². The minimum atomic E-state index is -0.163. The highest BCUT2D eigenvalue weighted by molar-refractivity contribution is 5.99. The summed E-state index contributed by atoms with van der Waals surface area (Å²) in [7, 11) is 0. The zero-order valence-corrected chi connectivity index (χ0v) is 9.36. The van der Waals surface area contributed by atoms with Crippen molar-refractivity contribution >= 4 is 17.8 Å². The molecule has 1 rings (SSSR count). The summed E-state index contributed by atoms with van der Waals surface area (Å²) in [5.41, 5.74) is 6.37. The Balaban J connectivity index is 2.80. The van der Waals surface area contributed by atoms with Crippen LogP contribution in [-0.4, -0.2) is 29.7 Å². The molecule has 0 atom stereocenters. The first-order valence-electron chi connectivity index (χ1n) is 4.95. The van der Waals surface area contributed by atoms with Crippen molar-refractivity contribution in [2.24, 2.45) is 0 Å². The van der Waals surface area contributed by atoms with Gasteiger partial charge in [-0.15, -0.1) is 0 Å². The minimum absolute atomic E-state index is 0.00731. The largest absolute Gasteiger partial charge is 0.383 e. The lowest BCUT2D eigenvalue weighted by Crippen LogP contribution is -2.14. The molecule has 0 bridgehead atoms. The molecule has 1 aromatic rings. The molecule has 0 spiro atoms. The maximum Gasteiger partial charge on any atom is 0.190 e. The van der Waals surface area contributed by atoms with Gasteiger partial charge >= 0.3 is 0 Å². The quantitative estimate of drug-likeness (QED) is 0.578. The van der Waals surface area contributed by atoms with E-state index in [0.29, 0.717) is 11.1 Å². The molecule has 5 nitrogen and oxygen atoms in total. The lowest BCUT2D eigenvalue weighted by atomic mass is 10.1. The SMILES string of the molecule is CC(C)OCC(=O)c1cnc(N)c(C=N)c1. The second-order valence-electron chi connectivity index (χ2n) is 3.63. The Bertz CT molecular complexity index is 402. The molecule has 5 heteroatoms. The normalized spacial score (nSPS) is 10.4. The van der Waals surface area contributed by atoms with Gasteiger partial charge in [0, 0.05) is 23.5 Å². The van der Waals surface area contributed by atoms with Crippen molar-refractivity contribution < 1.29 is 9.53 Å².